The first kappa shape index (κ1) is 17.3. The quantitative estimate of drug-likeness (QED) is 0.722. The molecule has 2 aromatic rings. The first-order chi connectivity index (χ1) is 12.2. The summed E-state index contributed by atoms with van der Waals surface area (Å²) in [6.07, 6.45) is 0.430. The molecule has 25 heavy (non-hydrogen) atoms. The SMILES string of the molecule is COCCOc1cc(OC)c2c(c1)C(=O)CC2c1ccc(OC)cc1. The Labute approximate surface area is 147 Å². The van der Waals surface area contributed by atoms with Gasteiger partial charge in [-0.15, -0.1) is 0 Å². The van der Waals surface area contributed by atoms with Gasteiger partial charge in [-0.2, -0.15) is 0 Å². The van der Waals surface area contributed by atoms with E-state index in [0.29, 0.717) is 36.7 Å². The number of ether oxygens (including phenoxy) is 4. The molecule has 1 aliphatic rings. The fraction of sp³-hybridized carbons (Fsp3) is 0.350. The molecule has 0 heterocycles. The van der Waals surface area contributed by atoms with Crippen LogP contribution in [-0.4, -0.2) is 40.3 Å². The van der Waals surface area contributed by atoms with Crippen LogP contribution >= 0.6 is 0 Å². The highest BCUT2D eigenvalue weighted by Gasteiger charge is 2.34. The third-order valence-corrected chi connectivity index (χ3v) is 4.45. The van der Waals surface area contributed by atoms with E-state index in [1.165, 1.54) is 0 Å². The van der Waals surface area contributed by atoms with Crippen LogP contribution in [0.2, 0.25) is 0 Å². The van der Waals surface area contributed by atoms with Crippen molar-refractivity contribution in [1.82, 2.24) is 0 Å². The molecule has 5 heteroatoms. The van der Waals surface area contributed by atoms with Crippen LogP contribution in [0, 0.1) is 0 Å². The zero-order valence-corrected chi connectivity index (χ0v) is 14.7. The highest BCUT2D eigenvalue weighted by atomic mass is 16.5. The van der Waals surface area contributed by atoms with Crippen molar-refractivity contribution in [3.8, 4) is 17.2 Å². The Morgan fingerprint density at radius 2 is 1.72 bits per heavy atom. The Kier molecular flexibility index (Phi) is 5.24. The molecule has 5 nitrogen and oxygen atoms in total. The van der Waals surface area contributed by atoms with Crippen LogP contribution in [0.25, 0.3) is 0 Å². The molecule has 0 saturated carbocycles. The van der Waals surface area contributed by atoms with Crippen molar-refractivity contribution in [3.05, 3.63) is 53.1 Å². The van der Waals surface area contributed by atoms with Crippen molar-refractivity contribution in [3.63, 3.8) is 0 Å². The van der Waals surface area contributed by atoms with Crippen LogP contribution in [0.4, 0.5) is 0 Å². The van der Waals surface area contributed by atoms with E-state index >= 15 is 0 Å². The molecule has 0 fully saturated rings. The zero-order valence-electron chi connectivity index (χ0n) is 14.7. The van der Waals surface area contributed by atoms with E-state index in [4.69, 9.17) is 18.9 Å². The molecule has 1 unspecified atom stereocenters. The Hall–Kier alpha value is -2.53. The average molecular weight is 342 g/mol. The lowest BCUT2D eigenvalue weighted by Crippen LogP contribution is -2.06. The van der Waals surface area contributed by atoms with Crippen molar-refractivity contribution in [2.24, 2.45) is 0 Å². The van der Waals surface area contributed by atoms with Gasteiger partial charge in [-0.25, -0.2) is 0 Å². The van der Waals surface area contributed by atoms with E-state index in [1.807, 2.05) is 30.3 Å². The second-order valence-electron chi connectivity index (χ2n) is 5.88. The minimum atomic E-state index is -0.0172. The van der Waals surface area contributed by atoms with E-state index in [1.54, 1.807) is 27.4 Å². The molecule has 0 bridgehead atoms. The van der Waals surface area contributed by atoms with Gasteiger partial charge in [0, 0.05) is 36.6 Å². The van der Waals surface area contributed by atoms with Crippen LogP contribution in [0.1, 0.15) is 33.8 Å². The van der Waals surface area contributed by atoms with Crippen LogP contribution in [-0.2, 0) is 4.74 Å². The van der Waals surface area contributed by atoms with Crippen LogP contribution < -0.4 is 14.2 Å². The molecule has 0 radical (unpaired) electrons. The summed E-state index contributed by atoms with van der Waals surface area (Å²) in [4.78, 5) is 12.6. The third-order valence-electron chi connectivity index (χ3n) is 4.45. The van der Waals surface area contributed by atoms with Gasteiger partial charge in [0.1, 0.15) is 23.9 Å². The molecule has 132 valence electrons. The van der Waals surface area contributed by atoms with Gasteiger partial charge in [-0.3, -0.25) is 4.79 Å². The van der Waals surface area contributed by atoms with E-state index in [9.17, 15) is 4.79 Å². The number of carbonyl (C=O) groups excluding carboxylic acids is 1. The summed E-state index contributed by atoms with van der Waals surface area (Å²) in [5.41, 5.74) is 2.67. The zero-order chi connectivity index (χ0) is 17.8. The summed E-state index contributed by atoms with van der Waals surface area (Å²) < 4.78 is 21.4. The molecular weight excluding hydrogens is 320 g/mol. The summed E-state index contributed by atoms with van der Waals surface area (Å²) in [5, 5.41) is 0. The lowest BCUT2D eigenvalue weighted by molar-refractivity contribution is 0.0990. The maximum Gasteiger partial charge on any atom is 0.164 e. The van der Waals surface area contributed by atoms with Crippen LogP contribution in [0.15, 0.2) is 36.4 Å². The second kappa shape index (κ2) is 7.57. The van der Waals surface area contributed by atoms with Gasteiger partial charge in [0.15, 0.2) is 5.78 Å². The first-order valence-corrected chi connectivity index (χ1v) is 8.18. The van der Waals surface area contributed by atoms with E-state index in [0.717, 1.165) is 16.9 Å². The smallest absolute Gasteiger partial charge is 0.164 e. The van der Waals surface area contributed by atoms with E-state index < -0.39 is 0 Å². The average Bonchev–Trinajstić information content (AvgIpc) is 2.98. The predicted molar refractivity (Wildman–Crippen MR) is 94.1 cm³/mol. The Morgan fingerprint density at radius 3 is 2.36 bits per heavy atom. The molecule has 0 aliphatic heterocycles. The van der Waals surface area contributed by atoms with Crippen molar-refractivity contribution in [2.45, 2.75) is 12.3 Å². The Balaban J connectivity index is 1.96. The van der Waals surface area contributed by atoms with Crippen molar-refractivity contribution < 1.29 is 23.7 Å². The third kappa shape index (κ3) is 3.46. The monoisotopic (exact) mass is 342 g/mol. The summed E-state index contributed by atoms with van der Waals surface area (Å²) in [6, 6.07) is 11.4. The largest absolute Gasteiger partial charge is 0.497 e. The van der Waals surface area contributed by atoms with Gasteiger partial charge in [-0.1, -0.05) is 12.1 Å². The summed E-state index contributed by atoms with van der Waals surface area (Å²) in [6.45, 7) is 0.913. The summed E-state index contributed by atoms with van der Waals surface area (Å²) in [7, 11) is 4.87. The van der Waals surface area contributed by atoms with Crippen molar-refractivity contribution in [1.29, 1.82) is 0 Å². The highest BCUT2D eigenvalue weighted by Crippen LogP contribution is 2.45. The number of hydrogen-bond acceptors (Lipinski definition) is 5. The van der Waals surface area contributed by atoms with Gasteiger partial charge < -0.3 is 18.9 Å². The fourth-order valence-electron chi connectivity index (χ4n) is 3.20. The number of fused-ring (bicyclic) bond motifs is 1. The van der Waals surface area contributed by atoms with Crippen molar-refractivity contribution in [2.75, 3.05) is 34.5 Å². The molecule has 2 aromatic carbocycles. The van der Waals surface area contributed by atoms with E-state index in [2.05, 4.69) is 0 Å². The first-order valence-electron chi connectivity index (χ1n) is 8.18. The number of Topliss-reactive ketones (excluding diaryl/α,β-unsaturated/α-hetero) is 1. The molecule has 1 atom stereocenters. The second-order valence-corrected chi connectivity index (χ2v) is 5.88. The van der Waals surface area contributed by atoms with E-state index in [-0.39, 0.29) is 11.7 Å². The minimum Gasteiger partial charge on any atom is -0.497 e. The Morgan fingerprint density at radius 1 is 0.960 bits per heavy atom. The molecule has 3 rings (SSSR count). The predicted octanol–water partition coefficient (Wildman–Crippen LogP) is 3.45. The lowest BCUT2D eigenvalue weighted by Gasteiger charge is -2.17. The minimum absolute atomic E-state index is 0.0172. The number of ketones is 1. The van der Waals surface area contributed by atoms with Gasteiger partial charge in [0.2, 0.25) is 0 Å². The molecular formula is C20H22O5. The number of methoxy groups -OCH3 is 3. The summed E-state index contributed by atoms with van der Waals surface area (Å²) in [5.74, 6) is 2.18. The summed E-state index contributed by atoms with van der Waals surface area (Å²) >= 11 is 0. The van der Waals surface area contributed by atoms with Gasteiger partial charge in [0.05, 0.1) is 20.8 Å². The fourth-order valence-corrected chi connectivity index (χ4v) is 3.20. The van der Waals surface area contributed by atoms with Gasteiger partial charge >= 0.3 is 0 Å². The standard InChI is InChI=1S/C20H22O5/c1-22-8-9-25-15-10-17-18(21)12-16(20(17)19(11-15)24-3)13-4-6-14(23-2)7-5-13/h4-7,10-11,16H,8-9,12H2,1-3H3. The maximum atomic E-state index is 12.6. The molecule has 0 amide bonds. The highest BCUT2D eigenvalue weighted by molar-refractivity contribution is 6.03. The molecule has 1 aliphatic carbocycles. The van der Waals surface area contributed by atoms with Crippen LogP contribution in [0.3, 0.4) is 0 Å². The number of carbonyl (C=O) groups is 1. The number of benzene rings is 2. The Bertz CT molecular complexity index is 751. The van der Waals surface area contributed by atoms with Gasteiger partial charge in [-0.05, 0) is 23.8 Å². The molecule has 0 N–H and O–H groups in total. The lowest BCUT2D eigenvalue weighted by atomic mass is 9.92. The molecule has 0 spiro atoms. The number of hydrogen-bond donors (Lipinski definition) is 0. The normalized spacial score (nSPS) is 15.8. The van der Waals surface area contributed by atoms with Crippen molar-refractivity contribution >= 4 is 5.78 Å². The number of rotatable bonds is 7. The topological polar surface area (TPSA) is 54.0 Å². The molecule has 0 aromatic heterocycles. The molecule has 0 saturated heterocycles. The van der Waals surface area contributed by atoms with Crippen LogP contribution in [0.5, 0.6) is 17.2 Å². The van der Waals surface area contributed by atoms with Gasteiger partial charge in [0.25, 0.3) is 0 Å². The maximum absolute atomic E-state index is 12.6.